The first-order chi connectivity index (χ1) is 7.16. The van der Waals surface area contributed by atoms with E-state index in [1.54, 1.807) is 6.07 Å². The number of hydrogen-bond acceptors (Lipinski definition) is 3. The molecule has 0 aliphatic carbocycles. The van der Waals surface area contributed by atoms with Crippen LogP contribution in [-0.2, 0) is 0 Å². The van der Waals surface area contributed by atoms with Gasteiger partial charge in [-0.05, 0) is 6.07 Å². The van der Waals surface area contributed by atoms with Crippen molar-refractivity contribution < 1.29 is 5.11 Å². The molecular weight excluding hydrogens is 260 g/mol. The number of aromatic amines is 1. The lowest BCUT2D eigenvalue weighted by atomic mass is 10.2. The summed E-state index contributed by atoms with van der Waals surface area (Å²) in [5.74, 6) is 0.0528. The molecule has 2 aromatic rings. The van der Waals surface area contributed by atoms with Gasteiger partial charge in [-0.15, -0.1) is 0 Å². The standard InChI is InChI=1S/C10H7BrN2O2/c11-7-4-2-1-3-6(7)10-12-8(14)5-9(15)13-10/h1-5H,(H2,12,13,14,15). The van der Waals surface area contributed by atoms with Gasteiger partial charge in [-0.3, -0.25) is 4.79 Å². The zero-order chi connectivity index (χ0) is 10.8. The maximum absolute atomic E-state index is 11.1. The lowest BCUT2D eigenvalue weighted by Gasteiger charge is -2.02. The number of nitrogens with zero attached hydrogens (tertiary/aromatic N) is 1. The van der Waals surface area contributed by atoms with Crippen molar-refractivity contribution in [1.82, 2.24) is 9.97 Å². The van der Waals surface area contributed by atoms with E-state index in [4.69, 9.17) is 0 Å². The van der Waals surface area contributed by atoms with Gasteiger partial charge in [-0.2, -0.15) is 4.98 Å². The van der Waals surface area contributed by atoms with Crippen LogP contribution in [0.25, 0.3) is 11.4 Å². The topological polar surface area (TPSA) is 66.0 Å². The van der Waals surface area contributed by atoms with Crippen molar-refractivity contribution in [3.63, 3.8) is 0 Å². The van der Waals surface area contributed by atoms with E-state index in [0.29, 0.717) is 5.82 Å². The summed E-state index contributed by atoms with van der Waals surface area (Å²) in [6.07, 6.45) is 0. The van der Waals surface area contributed by atoms with Gasteiger partial charge in [0.25, 0.3) is 5.56 Å². The molecule has 0 spiro atoms. The summed E-state index contributed by atoms with van der Waals surface area (Å²) in [6, 6.07) is 8.33. The van der Waals surface area contributed by atoms with E-state index < -0.39 is 0 Å². The van der Waals surface area contributed by atoms with Crippen LogP contribution in [0.3, 0.4) is 0 Å². The molecule has 0 radical (unpaired) electrons. The number of H-pyrrole nitrogens is 1. The van der Waals surface area contributed by atoms with E-state index >= 15 is 0 Å². The van der Waals surface area contributed by atoms with Gasteiger partial charge in [0.15, 0.2) is 0 Å². The van der Waals surface area contributed by atoms with Crippen LogP contribution in [0.2, 0.25) is 0 Å². The van der Waals surface area contributed by atoms with Gasteiger partial charge in [-0.1, -0.05) is 34.1 Å². The van der Waals surface area contributed by atoms with Crippen molar-refractivity contribution in [3.8, 4) is 17.3 Å². The van der Waals surface area contributed by atoms with E-state index in [2.05, 4.69) is 25.9 Å². The summed E-state index contributed by atoms with van der Waals surface area (Å²) in [7, 11) is 0. The number of benzene rings is 1. The van der Waals surface area contributed by atoms with E-state index in [-0.39, 0.29) is 11.4 Å². The van der Waals surface area contributed by atoms with Gasteiger partial charge in [0.2, 0.25) is 5.88 Å². The number of aromatic hydroxyl groups is 1. The van der Waals surface area contributed by atoms with Crippen LogP contribution >= 0.6 is 15.9 Å². The Balaban J connectivity index is 2.64. The highest BCUT2D eigenvalue weighted by atomic mass is 79.9. The highest BCUT2D eigenvalue weighted by Crippen LogP contribution is 2.24. The molecule has 0 saturated heterocycles. The van der Waals surface area contributed by atoms with Crippen LogP contribution in [0.4, 0.5) is 0 Å². The van der Waals surface area contributed by atoms with Crippen LogP contribution in [0, 0.1) is 0 Å². The van der Waals surface area contributed by atoms with Gasteiger partial charge in [0.05, 0.1) is 6.07 Å². The fraction of sp³-hybridized carbons (Fsp3) is 0. The Labute approximate surface area is 93.8 Å². The molecule has 0 atom stereocenters. The summed E-state index contributed by atoms with van der Waals surface area (Å²) in [4.78, 5) is 17.5. The molecule has 0 amide bonds. The second-order valence-electron chi connectivity index (χ2n) is 2.93. The SMILES string of the molecule is O=c1cc(O)nc(-c2ccccc2Br)[nH]1. The Morgan fingerprint density at radius 3 is 2.73 bits per heavy atom. The summed E-state index contributed by atoms with van der Waals surface area (Å²) < 4.78 is 0.804. The van der Waals surface area contributed by atoms with Crippen LogP contribution in [-0.4, -0.2) is 15.1 Å². The molecule has 0 unspecified atom stereocenters. The zero-order valence-electron chi connectivity index (χ0n) is 7.57. The molecule has 0 bridgehead atoms. The van der Waals surface area contributed by atoms with Gasteiger partial charge >= 0.3 is 0 Å². The van der Waals surface area contributed by atoms with E-state index in [1.807, 2.05) is 18.2 Å². The Kier molecular flexibility index (Phi) is 2.55. The first-order valence-electron chi connectivity index (χ1n) is 4.22. The average molecular weight is 267 g/mol. The molecule has 76 valence electrons. The predicted octanol–water partition coefficient (Wildman–Crippen LogP) is 1.90. The minimum absolute atomic E-state index is 0.287. The fourth-order valence-corrected chi connectivity index (χ4v) is 1.70. The van der Waals surface area contributed by atoms with Crippen molar-refractivity contribution in [2.75, 3.05) is 0 Å². The Morgan fingerprint density at radius 1 is 1.33 bits per heavy atom. The average Bonchev–Trinajstić information content (AvgIpc) is 2.16. The van der Waals surface area contributed by atoms with Gasteiger partial charge in [0.1, 0.15) is 5.82 Å². The van der Waals surface area contributed by atoms with Gasteiger partial charge in [-0.25, -0.2) is 0 Å². The first kappa shape index (κ1) is 9.92. The third-order valence-electron chi connectivity index (χ3n) is 1.86. The predicted molar refractivity (Wildman–Crippen MR) is 59.7 cm³/mol. The summed E-state index contributed by atoms with van der Waals surface area (Å²) in [5, 5.41) is 9.20. The lowest BCUT2D eigenvalue weighted by molar-refractivity contribution is 0.452. The van der Waals surface area contributed by atoms with Crippen molar-refractivity contribution in [3.05, 3.63) is 45.2 Å². The van der Waals surface area contributed by atoms with Crippen LogP contribution in [0.15, 0.2) is 39.6 Å². The Hall–Kier alpha value is -1.62. The highest BCUT2D eigenvalue weighted by molar-refractivity contribution is 9.10. The molecule has 1 heterocycles. The van der Waals surface area contributed by atoms with Gasteiger partial charge < -0.3 is 10.1 Å². The maximum Gasteiger partial charge on any atom is 0.254 e. The van der Waals surface area contributed by atoms with Crippen LogP contribution < -0.4 is 5.56 Å². The number of hydrogen-bond donors (Lipinski definition) is 2. The third kappa shape index (κ3) is 2.07. The van der Waals surface area contributed by atoms with Gasteiger partial charge in [0, 0.05) is 10.0 Å². The number of nitrogens with one attached hydrogen (secondary N) is 1. The largest absolute Gasteiger partial charge is 0.493 e. The smallest absolute Gasteiger partial charge is 0.254 e. The maximum atomic E-state index is 11.1. The molecule has 0 saturated carbocycles. The van der Waals surface area contributed by atoms with Crippen molar-refractivity contribution in [2.24, 2.45) is 0 Å². The minimum Gasteiger partial charge on any atom is -0.493 e. The second-order valence-corrected chi connectivity index (χ2v) is 3.79. The van der Waals surface area contributed by atoms with Crippen LogP contribution in [0.1, 0.15) is 0 Å². The molecule has 2 rings (SSSR count). The molecule has 0 aliphatic heterocycles. The number of aromatic nitrogens is 2. The number of rotatable bonds is 1. The molecule has 0 fully saturated rings. The number of halogens is 1. The third-order valence-corrected chi connectivity index (χ3v) is 2.55. The zero-order valence-corrected chi connectivity index (χ0v) is 9.15. The van der Waals surface area contributed by atoms with Crippen molar-refractivity contribution >= 4 is 15.9 Å². The molecule has 2 N–H and O–H groups in total. The summed E-state index contributed by atoms with van der Waals surface area (Å²) in [6.45, 7) is 0. The Morgan fingerprint density at radius 2 is 2.07 bits per heavy atom. The first-order valence-corrected chi connectivity index (χ1v) is 5.01. The van der Waals surface area contributed by atoms with E-state index in [0.717, 1.165) is 16.1 Å². The van der Waals surface area contributed by atoms with Crippen molar-refractivity contribution in [1.29, 1.82) is 0 Å². The summed E-state index contributed by atoms with van der Waals surface area (Å²) in [5.41, 5.74) is 0.346. The normalized spacial score (nSPS) is 10.2. The molecular formula is C10H7BrN2O2. The monoisotopic (exact) mass is 266 g/mol. The molecule has 1 aromatic carbocycles. The molecule has 0 aliphatic rings. The van der Waals surface area contributed by atoms with E-state index in [9.17, 15) is 9.90 Å². The van der Waals surface area contributed by atoms with Crippen LogP contribution in [0.5, 0.6) is 5.88 Å². The fourth-order valence-electron chi connectivity index (χ4n) is 1.23. The lowest BCUT2D eigenvalue weighted by Crippen LogP contribution is -2.06. The quantitative estimate of drug-likeness (QED) is 0.829. The van der Waals surface area contributed by atoms with E-state index in [1.165, 1.54) is 0 Å². The minimum atomic E-state index is -0.381. The second kappa shape index (κ2) is 3.86. The van der Waals surface area contributed by atoms with Crippen molar-refractivity contribution in [2.45, 2.75) is 0 Å². The Bertz CT molecular complexity index is 551. The molecule has 15 heavy (non-hydrogen) atoms. The highest BCUT2D eigenvalue weighted by Gasteiger charge is 2.05. The molecule has 5 heteroatoms. The summed E-state index contributed by atoms with van der Waals surface area (Å²) >= 11 is 3.34. The molecule has 4 nitrogen and oxygen atoms in total. The molecule has 1 aromatic heterocycles.